The first-order valence-corrected chi connectivity index (χ1v) is 10.3. The standard InChI is InChI=1S/C19H26N2O4S/c1-13-5-4-6-14(2)19(13)21-10-9-20-12-17(23)15-7-8-16(22)18(11-15)26(3,24)25/h4-8,11,17,20-23H,9-10,12H2,1-3H3. The van der Waals surface area contributed by atoms with Crippen molar-refractivity contribution in [2.24, 2.45) is 0 Å². The number of aryl methyl sites for hydroxylation is 2. The predicted molar refractivity (Wildman–Crippen MR) is 103 cm³/mol. The van der Waals surface area contributed by atoms with Gasteiger partial charge in [0, 0.05) is 31.6 Å². The number of para-hydroxylation sites is 1. The average molecular weight is 378 g/mol. The van der Waals surface area contributed by atoms with Crippen LogP contribution in [0.15, 0.2) is 41.3 Å². The zero-order valence-corrected chi connectivity index (χ0v) is 16.1. The van der Waals surface area contributed by atoms with Crippen molar-refractivity contribution in [3.8, 4) is 5.75 Å². The zero-order valence-electron chi connectivity index (χ0n) is 15.3. The Labute approximate surface area is 154 Å². The Kier molecular flexibility index (Phi) is 6.63. The van der Waals surface area contributed by atoms with Crippen LogP contribution in [-0.2, 0) is 9.84 Å². The number of hydrogen-bond donors (Lipinski definition) is 4. The van der Waals surface area contributed by atoms with Gasteiger partial charge in [0.25, 0.3) is 0 Å². The van der Waals surface area contributed by atoms with E-state index in [1.807, 2.05) is 6.07 Å². The number of phenolic OH excluding ortho intramolecular Hbond substituents is 1. The molecule has 0 aliphatic heterocycles. The third-order valence-electron chi connectivity index (χ3n) is 4.19. The highest BCUT2D eigenvalue weighted by molar-refractivity contribution is 7.90. The molecule has 2 aromatic carbocycles. The molecule has 142 valence electrons. The highest BCUT2D eigenvalue weighted by Crippen LogP contribution is 2.26. The number of hydrogen-bond acceptors (Lipinski definition) is 6. The predicted octanol–water partition coefficient (Wildman–Crippen LogP) is 2.15. The maximum Gasteiger partial charge on any atom is 0.179 e. The van der Waals surface area contributed by atoms with Gasteiger partial charge in [0.05, 0.1) is 6.10 Å². The number of anilines is 1. The van der Waals surface area contributed by atoms with Crippen molar-refractivity contribution >= 4 is 15.5 Å². The van der Waals surface area contributed by atoms with Crippen LogP contribution in [0.2, 0.25) is 0 Å². The number of rotatable bonds is 8. The summed E-state index contributed by atoms with van der Waals surface area (Å²) in [5.41, 5.74) is 3.93. The molecule has 7 heteroatoms. The first-order valence-electron chi connectivity index (χ1n) is 8.42. The first-order chi connectivity index (χ1) is 12.2. The second-order valence-electron chi connectivity index (χ2n) is 6.41. The maximum absolute atomic E-state index is 11.7. The highest BCUT2D eigenvalue weighted by atomic mass is 32.2. The second-order valence-corrected chi connectivity index (χ2v) is 8.40. The van der Waals surface area contributed by atoms with E-state index >= 15 is 0 Å². The molecular formula is C19H26N2O4S. The summed E-state index contributed by atoms with van der Waals surface area (Å²) in [7, 11) is -3.55. The van der Waals surface area contributed by atoms with Crippen LogP contribution in [0.5, 0.6) is 5.75 Å². The topological polar surface area (TPSA) is 98.7 Å². The Bertz CT molecular complexity index is 846. The second kappa shape index (κ2) is 8.53. The van der Waals surface area contributed by atoms with Crippen LogP contribution in [0.1, 0.15) is 22.8 Å². The molecule has 2 rings (SSSR count). The number of phenols is 1. The largest absolute Gasteiger partial charge is 0.507 e. The van der Waals surface area contributed by atoms with Gasteiger partial charge in [0.2, 0.25) is 0 Å². The lowest BCUT2D eigenvalue weighted by Crippen LogP contribution is -2.27. The molecule has 4 N–H and O–H groups in total. The minimum Gasteiger partial charge on any atom is -0.507 e. The van der Waals surface area contributed by atoms with Gasteiger partial charge in [-0.05, 0) is 42.7 Å². The normalized spacial score (nSPS) is 12.8. The Morgan fingerprint density at radius 2 is 1.73 bits per heavy atom. The van der Waals surface area contributed by atoms with Crippen LogP contribution in [0.25, 0.3) is 0 Å². The van der Waals surface area contributed by atoms with Gasteiger partial charge >= 0.3 is 0 Å². The minimum atomic E-state index is -3.55. The Balaban J connectivity index is 1.87. The van der Waals surface area contributed by atoms with Crippen molar-refractivity contribution in [1.29, 1.82) is 0 Å². The monoisotopic (exact) mass is 378 g/mol. The van der Waals surface area contributed by atoms with Gasteiger partial charge in [-0.1, -0.05) is 24.3 Å². The van der Waals surface area contributed by atoms with E-state index < -0.39 is 15.9 Å². The van der Waals surface area contributed by atoms with Gasteiger partial charge in [0.1, 0.15) is 10.6 Å². The van der Waals surface area contributed by atoms with E-state index in [4.69, 9.17) is 0 Å². The molecule has 2 aromatic rings. The van der Waals surface area contributed by atoms with E-state index in [1.165, 1.54) is 29.3 Å². The van der Waals surface area contributed by atoms with Crippen LogP contribution >= 0.6 is 0 Å². The molecule has 1 unspecified atom stereocenters. The van der Waals surface area contributed by atoms with Gasteiger partial charge in [0.15, 0.2) is 9.84 Å². The molecule has 0 fully saturated rings. The number of sulfone groups is 1. The summed E-state index contributed by atoms with van der Waals surface area (Å²) in [5, 5.41) is 26.4. The molecule has 0 saturated carbocycles. The number of aromatic hydroxyl groups is 1. The van der Waals surface area contributed by atoms with Crippen LogP contribution in [0.4, 0.5) is 5.69 Å². The van der Waals surface area contributed by atoms with Crippen molar-refractivity contribution in [2.75, 3.05) is 31.2 Å². The molecule has 0 amide bonds. The SMILES string of the molecule is Cc1cccc(C)c1NCCNCC(O)c1ccc(O)c(S(C)(=O)=O)c1. The Morgan fingerprint density at radius 3 is 2.35 bits per heavy atom. The Hall–Kier alpha value is -2.09. The van der Waals surface area contributed by atoms with Crippen LogP contribution in [0.3, 0.4) is 0 Å². The molecule has 0 radical (unpaired) electrons. The third kappa shape index (κ3) is 5.20. The van der Waals surface area contributed by atoms with Crippen molar-refractivity contribution in [2.45, 2.75) is 24.8 Å². The molecule has 0 saturated heterocycles. The lowest BCUT2D eigenvalue weighted by molar-refractivity contribution is 0.175. The molecule has 0 spiro atoms. The minimum absolute atomic E-state index is 0.175. The fourth-order valence-electron chi connectivity index (χ4n) is 2.76. The Morgan fingerprint density at radius 1 is 1.08 bits per heavy atom. The summed E-state index contributed by atoms with van der Waals surface area (Å²) < 4.78 is 23.3. The van der Waals surface area contributed by atoms with E-state index in [0.717, 1.165) is 11.9 Å². The fraction of sp³-hybridized carbons (Fsp3) is 0.368. The summed E-state index contributed by atoms with van der Waals surface area (Å²) in [6, 6.07) is 10.2. The van der Waals surface area contributed by atoms with Gasteiger partial charge in [-0.2, -0.15) is 0 Å². The molecule has 0 aliphatic carbocycles. The van der Waals surface area contributed by atoms with Gasteiger partial charge in [-0.25, -0.2) is 8.42 Å². The smallest absolute Gasteiger partial charge is 0.179 e. The van der Waals surface area contributed by atoms with Crippen molar-refractivity contribution in [3.05, 3.63) is 53.1 Å². The van der Waals surface area contributed by atoms with E-state index in [2.05, 4.69) is 36.6 Å². The number of benzene rings is 2. The van der Waals surface area contributed by atoms with Crippen LogP contribution in [0, 0.1) is 13.8 Å². The van der Waals surface area contributed by atoms with Gasteiger partial charge in [-0.3, -0.25) is 0 Å². The molecule has 0 aliphatic rings. The van der Waals surface area contributed by atoms with E-state index in [0.29, 0.717) is 18.7 Å². The molecule has 6 nitrogen and oxygen atoms in total. The molecule has 26 heavy (non-hydrogen) atoms. The lowest BCUT2D eigenvalue weighted by atomic mass is 10.1. The number of nitrogens with one attached hydrogen (secondary N) is 2. The lowest BCUT2D eigenvalue weighted by Gasteiger charge is -2.15. The maximum atomic E-state index is 11.7. The number of aliphatic hydroxyl groups is 1. The van der Waals surface area contributed by atoms with Crippen molar-refractivity contribution in [3.63, 3.8) is 0 Å². The zero-order chi connectivity index (χ0) is 19.3. The fourth-order valence-corrected chi connectivity index (χ4v) is 3.56. The summed E-state index contributed by atoms with van der Waals surface area (Å²) in [5.74, 6) is -0.311. The van der Waals surface area contributed by atoms with Crippen molar-refractivity contribution in [1.82, 2.24) is 5.32 Å². The molecule has 1 atom stereocenters. The summed E-state index contributed by atoms with van der Waals surface area (Å²) in [6.07, 6.45) is 0.159. The quantitative estimate of drug-likeness (QED) is 0.526. The van der Waals surface area contributed by atoms with Crippen molar-refractivity contribution < 1.29 is 18.6 Å². The summed E-state index contributed by atoms with van der Waals surface area (Å²) >= 11 is 0. The first kappa shape index (κ1) is 20.2. The molecular weight excluding hydrogens is 352 g/mol. The van der Waals surface area contributed by atoms with Crippen LogP contribution < -0.4 is 10.6 Å². The average Bonchev–Trinajstić information content (AvgIpc) is 2.56. The summed E-state index contributed by atoms with van der Waals surface area (Å²) in [4.78, 5) is -0.175. The molecule has 0 heterocycles. The third-order valence-corrected chi connectivity index (χ3v) is 5.32. The number of aliphatic hydroxyl groups excluding tert-OH is 1. The molecule has 0 bridgehead atoms. The van der Waals surface area contributed by atoms with E-state index in [9.17, 15) is 18.6 Å². The van der Waals surface area contributed by atoms with Gasteiger partial charge in [-0.15, -0.1) is 0 Å². The van der Waals surface area contributed by atoms with E-state index in [1.54, 1.807) is 0 Å². The molecule has 0 aromatic heterocycles. The van der Waals surface area contributed by atoms with E-state index in [-0.39, 0.29) is 17.2 Å². The van der Waals surface area contributed by atoms with Gasteiger partial charge < -0.3 is 20.8 Å². The summed E-state index contributed by atoms with van der Waals surface area (Å²) in [6.45, 7) is 5.72. The van der Waals surface area contributed by atoms with Crippen LogP contribution in [-0.4, -0.2) is 44.5 Å². The highest BCUT2D eigenvalue weighted by Gasteiger charge is 2.16.